The Morgan fingerprint density at radius 3 is 2.95 bits per heavy atom. The standard InChI is InChI=1S/C16H13NS2/c1-12-11-13(8-9-17-12)4-5-14-6-7-16(19-14)15-3-2-10-18-15/h3,6-9,11H,2,10H2,1H3. The molecule has 0 amide bonds. The highest BCUT2D eigenvalue weighted by Crippen LogP contribution is 2.37. The second-order valence-electron chi connectivity index (χ2n) is 4.31. The molecule has 0 fully saturated rings. The van der Waals surface area contributed by atoms with Gasteiger partial charge < -0.3 is 0 Å². The SMILES string of the molecule is Cc1cc(C#Cc2ccc(C3=CCCS3)s2)ccn1. The fraction of sp³-hybridized carbons (Fsp3) is 0.188. The maximum atomic E-state index is 4.18. The van der Waals surface area contributed by atoms with E-state index in [-0.39, 0.29) is 0 Å². The molecule has 0 unspecified atom stereocenters. The first kappa shape index (κ1) is 12.5. The lowest BCUT2D eigenvalue weighted by Crippen LogP contribution is -1.80. The van der Waals surface area contributed by atoms with E-state index < -0.39 is 0 Å². The van der Waals surface area contributed by atoms with Crippen molar-refractivity contribution in [2.45, 2.75) is 13.3 Å². The Morgan fingerprint density at radius 2 is 2.16 bits per heavy atom. The minimum atomic E-state index is 1.01. The second kappa shape index (κ2) is 5.64. The van der Waals surface area contributed by atoms with E-state index in [4.69, 9.17) is 0 Å². The molecular weight excluding hydrogens is 270 g/mol. The average Bonchev–Trinajstić information content (AvgIpc) is 3.07. The Balaban J connectivity index is 1.81. The van der Waals surface area contributed by atoms with Crippen molar-refractivity contribution in [1.29, 1.82) is 0 Å². The first-order valence-corrected chi connectivity index (χ1v) is 7.99. The molecule has 1 aliphatic rings. The van der Waals surface area contributed by atoms with Crippen LogP contribution >= 0.6 is 23.1 Å². The molecule has 2 aromatic rings. The third-order valence-corrected chi connectivity index (χ3v) is 5.08. The number of aryl methyl sites for hydroxylation is 1. The fourth-order valence-electron chi connectivity index (χ4n) is 1.88. The number of allylic oxidation sites excluding steroid dienone is 1. The van der Waals surface area contributed by atoms with E-state index in [1.807, 2.05) is 30.8 Å². The van der Waals surface area contributed by atoms with Crippen molar-refractivity contribution < 1.29 is 0 Å². The monoisotopic (exact) mass is 283 g/mol. The van der Waals surface area contributed by atoms with Gasteiger partial charge in [0.25, 0.3) is 0 Å². The number of aromatic nitrogens is 1. The van der Waals surface area contributed by atoms with Gasteiger partial charge in [-0.2, -0.15) is 0 Å². The minimum absolute atomic E-state index is 1.01. The van der Waals surface area contributed by atoms with Crippen LogP contribution in [-0.2, 0) is 0 Å². The molecule has 3 heteroatoms. The lowest BCUT2D eigenvalue weighted by molar-refractivity contribution is 1.19. The normalized spacial score (nSPS) is 13.8. The van der Waals surface area contributed by atoms with E-state index in [0.717, 1.165) is 16.1 Å². The van der Waals surface area contributed by atoms with Crippen molar-refractivity contribution in [1.82, 2.24) is 4.98 Å². The molecule has 2 aromatic heterocycles. The van der Waals surface area contributed by atoms with Crippen molar-refractivity contribution in [3.05, 3.63) is 57.6 Å². The zero-order valence-electron chi connectivity index (χ0n) is 10.6. The largest absolute Gasteiger partial charge is 0.262 e. The molecule has 19 heavy (non-hydrogen) atoms. The molecule has 1 nitrogen and oxygen atoms in total. The van der Waals surface area contributed by atoms with E-state index in [9.17, 15) is 0 Å². The first-order valence-electron chi connectivity index (χ1n) is 6.19. The van der Waals surface area contributed by atoms with Gasteiger partial charge in [-0.1, -0.05) is 17.9 Å². The molecule has 3 heterocycles. The lowest BCUT2D eigenvalue weighted by atomic mass is 10.2. The summed E-state index contributed by atoms with van der Waals surface area (Å²) in [7, 11) is 0. The molecular formula is C16H13NS2. The smallest absolute Gasteiger partial charge is 0.0779 e. The Hall–Kier alpha value is -1.50. The van der Waals surface area contributed by atoms with Gasteiger partial charge in [-0.15, -0.1) is 23.1 Å². The first-order chi connectivity index (χ1) is 9.31. The second-order valence-corrected chi connectivity index (χ2v) is 6.53. The molecule has 0 radical (unpaired) electrons. The molecule has 0 saturated heterocycles. The average molecular weight is 283 g/mol. The third-order valence-electron chi connectivity index (χ3n) is 2.78. The molecule has 3 rings (SSSR count). The quantitative estimate of drug-likeness (QED) is 0.723. The van der Waals surface area contributed by atoms with Gasteiger partial charge in [-0.05, 0) is 37.6 Å². The summed E-state index contributed by atoms with van der Waals surface area (Å²) in [6.45, 7) is 1.98. The predicted octanol–water partition coefficient (Wildman–Crippen LogP) is 4.33. The van der Waals surface area contributed by atoms with Crippen molar-refractivity contribution in [3.63, 3.8) is 0 Å². The van der Waals surface area contributed by atoms with Crippen LogP contribution in [-0.4, -0.2) is 10.7 Å². The van der Waals surface area contributed by atoms with Gasteiger partial charge in [-0.25, -0.2) is 0 Å². The van der Waals surface area contributed by atoms with Gasteiger partial charge >= 0.3 is 0 Å². The van der Waals surface area contributed by atoms with Gasteiger partial charge in [0.05, 0.1) is 4.88 Å². The van der Waals surface area contributed by atoms with Crippen LogP contribution < -0.4 is 0 Å². The molecule has 0 bridgehead atoms. The summed E-state index contributed by atoms with van der Waals surface area (Å²) in [4.78, 5) is 8.06. The Kier molecular flexibility index (Phi) is 3.72. The van der Waals surface area contributed by atoms with Gasteiger partial charge in [0.15, 0.2) is 0 Å². The number of rotatable bonds is 1. The predicted molar refractivity (Wildman–Crippen MR) is 84.3 cm³/mol. The minimum Gasteiger partial charge on any atom is -0.262 e. The number of nitrogens with zero attached hydrogens (tertiary/aromatic N) is 1. The lowest BCUT2D eigenvalue weighted by Gasteiger charge is -1.93. The van der Waals surface area contributed by atoms with Crippen molar-refractivity contribution in [3.8, 4) is 11.8 Å². The Bertz CT molecular complexity index is 686. The maximum Gasteiger partial charge on any atom is 0.0779 e. The summed E-state index contributed by atoms with van der Waals surface area (Å²) in [6.07, 6.45) is 5.31. The summed E-state index contributed by atoms with van der Waals surface area (Å²) in [6, 6.07) is 8.25. The van der Waals surface area contributed by atoms with E-state index in [0.29, 0.717) is 0 Å². The number of hydrogen-bond donors (Lipinski definition) is 0. The zero-order chi connectivity index (χ0) is 13.1. The van der Waals surface area contributed by atoms with Crippen LogP contribution in [0.15, 0.2) is 36.5 Å². The fourth-order valence-corrected chi connectivity index (χ4v) is 3.88. The van der Waals surface area contributed by atoms with Crippen LogP contribution in [0.3, 0.4) is 0 Å². The molecule has 0 atom stereocenters. The van der Waals surface area contributed by atoms with Crippen LogP contribution in [0.5, 0.6) is 0 Å². The molecule has 0 N–H and O–H groups in total. The summed E-state index contributed by atoms with van der Waals surface area (Å²) < 4.78 is 0. The number of thiophene rings is 1. The molecule has 94 valence electrons. The van der Waals surface area contributed by atoms with Crippen LogP contribution in [0.1, 0.15) is 27.4 Å². The van der Waals surface area contributed by atoms with Gasteiger partial charge in [-0.3, -0.25) is 4.98 Å². The third kappa shape index (κ3) is 3.09. The molecule has 0 saturated carbocycles. The van der Waals surface area contributed by atoms with E-state index in [1.54, 1.807) is 17.5 Å². The van der Waals surface area contributed by atoms with Crippen LogP contribution in [0, 0.1) is 18.8 Å². The number of thioether (sulfide) groups is 1. The Morgan fingerprint density at radius 1 is 1.21 bits per heavy atom. The Labute approximate surface area is 121 Å². The molecule has 0 aromatic carbocycles. The van der Waals surface area contributed by atoms with Crippen molar-refractivity contribution in [2.24, 2.45) is 0 Å². The van der Waals surface area contributed by atoms with Crippen LogP contribution in [0.2, 0.25) is 0 Å². The van der Waals surface area contributed by atoms with Crippen LogP contribution in [0.4, 0.5) is 0 Å². The molecule has 0 spiro atoms. The highest BCUT2D eigenvalue weighted by atomic mass is 32.2. The highest BCUT2D eigenvalue weighted by Gasteiger charge is 2.09. The van der Waals surface area contributed by atoms with E-state index in [1.165, 1.54) is 22.0 Å². The van der Waals surface area contributed by atoms with E-state index in [2.05, 4.69) is 35.0 Å². The summed E-state index contributed by atoms with van der Waals surface area (Å²) in [5.41, 5.74) is 2.03. The van der Waals surface area contributed by atoms with Gasteiger partial charge in [0.1, 0.15) is 0 Å². The molecule has 0 aliphatic carbocycles. The number of hydrogen-bond acceptors (Lipinski definition) is 3. The highest BCUT2D eigenvalue weighted by molar-refractivity contribution is 8.08. The number of pyridine rings is 1. The van der Waals surface area contributed by atoms with Gasteiger partial charge in [0.2, 0.25) is 0 Å². The van der Waals surface area contributed by atoms with Gasteiger partial charge in [0, 0.05) is 33.0 Å². The van der Waals surface area contributed by atoms with Crippen LogP contribution in [0.25, 0.3) is 4.91 Å². The summed E-state index contributed by atoms with van der Waals surface area (Å²) >= 11 is 3.72. The zero-order valence-corrected chi connectivity index (χ0v) is 12.3. The topological polar surface area (TPSA) is 12.9 Å². The van der Waals surface area contributed by atoms with E-state index >= 15 is 0 Å². The van der Waals surface area contributed by atoms with Crippen molar-refractivity contribution in [2.75, 3.05) is 5.75 Å². The molecule has 1 aliphatic heterocycles. The summed E-state index contributed by atoms with van der Waals surface area (Å²) in [5, 5.41) is 0. The van der Waals surface area contributed by atoms with Crippen molar-refractivity contribution >= 4 is 28.0 Å². The maximum absolute atomic E-state index is 4.18. The summed E-state index contributed by atoms with van der Waals surface area (Å²) in [5.74, 6) is 7.65.